The first-order valence-electron chi connectivity index (χ1n) is 2.91. The SMILES string of the molecule is CCNC(C)SC(=N)N. The van der Waals surface area contributed by atoms with Crippen molar-refractivity contribution < 1.29 is 0 Å². The molecule has 3 nitrogen and oxygen atoms in total. The average Bonchev–Trinajstić information content (AvgIpc) is 1.63. The molecule has 0 aromatic rings. The van der Waals surface area contributed by atoms with Crippen molar-refractivity contribution >= 4 is 16.9 Å². The van der Waals surface area contributed by atoms with Gasteiger partial charge in [0.1, 0.15) is 0 Å². The van der Waals surface area contributed by atoms with E-state index >= 15 is 0 Å². The van der Waals surface area contributed by atoms with Crippen LogP contribution in [0.4, 0.5) is 0 Å². The molecule has 4 N–H and O–H groups in total. The Labute approximate surface area is 59.9 Å². The number of thioether (sulfide) groups is 1. The minimum atomic E-state index is 0.170. The maximum Gasteiger partial charge on any atom is 0.152 e. The fraction of sp³-hybridized carbons (Fsp3) is 0.800. The van der Waals surface area contributed by atoms with E-state index in [0.29, 0.717) is 0 Å². The normalized spacial score (nSPS) is 13.1. The Kier molecular flexibility index (Phi) is 4.53. The van der Waals surface area contributed by atoms with E-state index in [2.05, 4.69) is 5.32 Å². The molecule has 0 rings (SSSR count). The van der Waals surface area contributed by atoms with Crippen LogP contribution in [0.5, 0.6) is 0 Å². The molecule has 0 heterocycles. The molecule has 54 valence electrons. The highest BCUT2D eigenvalue weighted by Crippen LogP contribution is 2.04. The predicted molar refractivity (Wildman–Crippen MR) is 42.6 cm³/mol. The van der Waals surface area contributed by atoms with Crippen LogP contribution in [-0.4, -0.2) is 17.1 Å². The van der Waals surface area contributed by atoms with Gasteiger partial charge in [-0.3, -0.25) is 5.41 Å². The zero-order valence-electron chi connectivity index (χ0n) is 5.77. The molecule has 0 aliphatic rings. The molecule has 0 fully saturated rings. The van der Waals surface area contributed by atoms with Crippen LogP contribution in [-0.2, 0) is 0 Å². The molecular formula is C5H13N3S. The summed E-state index contributed by atoms with van der Waals surface area (Å²) in [4.78, 5) is 0. The molecule has 0 saturated heterocycles. The lowest BCUT2D eigenvalue weighted by Crippen LogP contribution is -2.25. The highest BCUT2D eigenvalue weighted by molar-refractivity contribution is 8.14. The second-order valence-corrected chi connectivity index (χ2v) is 3.06. The first-order chi connectivity index (χ1) is 4.16. The van der Waals surface area contributed by atoms with Crippen molar-refractivity contribution in [2.45, 2.75) is 19.2 Å². The first-order valence-corrected chi connectivity index (χ1v) is 3.78. The molecule has 0 bridgehead atoms. The van der Waals surface area contributed by atoms with Crippen molar-refractivity contribution in [1.29, 1.82) is 5.41 Å². The summed E-state index contributed by atoms with van der Waals surface area (Å²) in [6.45, 7) is 4.92. The number of rotatable bonds is 3. The van der Waals surface area contributed by atoms with Crippen LogP contribution in [0, 0.1) is 5.41 Å². The van der Waals surface area contributed by atoms with Gasteiger partial charge in [0.25, 0.3) is 0 Å². The molecule has 1 atom stereocenters. The molecule has 1 unspecified atom stereocenters. The van der Waals surface area contributed by atoms with Gasteiger partial charge in [0.05, 0.1) is 5.37 Å². The fourth-order valence-corrected chi connectivity index (χ4v) is 1.15. The first kappa shape index (κ1) is 8.78. The van der Waals surface area contributed by atoms with Gasteiger partial charge in [-0.15, -0.1) is 0 Å². The molecule has 0 saturated carbocycles. The summed E-state index contributed by atoms with van der Waals surface area (Å²) in [6.07, 6.45) is 0. The van der Waals surface area contributed by atoms with Gasteiger partial charge in [-0.25, -0.2) is 0 Å². The molecule has 0 radical (unpaired) electrons. The van der Waals surface area contributed by atoms with Crippen molar-refractivity contribution in [3.05, 3.63) is 0 Å². The molecule has 0 aliphatic heterocycles. The number of hydrogen-bond donors (Lipinski definition) is 3. The maximum atomic E-state index is 6.90. The van der Waals surface area contributed by atoms with Crippen molar-refractivity contribution in [2.24, 2.45) is 5.73 Å². The molecule has 0 aromatic heterocycles. The summed E-state index contributed by atoms with van der Waals surface area (Å²) >= 11 is 1.33. The van der Waals surface area contributed by atoms with E-state index in [1.165, 1.54) is 11.8 Å². The van der Waals surface area contributed by atoms with Crippen LogP contribution in [0.1, 0.15) is 13.8 Å². The molecule has 0 spiro atoms. The van der Waals surface area contributed by atoms with E-state index in [1.54, 1.807) is 0 Å². The predicted octanol–water partition coefficient (Wildman–Crippen LogP) is 0.569. The third-order valence-corrected chi connectivity index (χ3v) is 1.57. The number of hydrogen-bond acceptors (Lipinski definition) is 3. The second kappa shape index (κ2) is 4.64. The quantitative estimate of drug-likeness (QED) is 0.311. The Morgan fingerprint density at radius 1 is 1.89 bits per heavy atom. The van der Waals surface area contributed by atoms with Crippen molar-refractivity contribution in [2.75, 3.05) is 6.54 Å². The van der Waals surface area contributed by atoms with E-state index in [0.717, 1.165) is 6.54 Å². The standard InChI is InChI=1S/C5H13N3S/c1-3-8-4(2)9-5(6)7/h4,8H,3H2,1-2H3,(H3,6,7). The third kappa shape index (κ3) is 5.65. The van der Waals surface area contributed by atoms with Crippen LogP contribution < -0.4 is 11.1 Å². The van der Waals surface area contributed by atoms with Crippen LogP contribution in [0.3, 0.4) is 0 Å². The fourth-order valence-electron chi connectivity index (χ4n) is 0.520. The number of nitrogens with two attached hydrogens (primary N) is 1. The van der Waals surface area contributed by atoms with Crippen molar-refractivity contribution in [1.82, 2.24) is 5.32 Å². The highest BCUT2D eigenvalue weighted by Gasteiger charge is 1.99. The van der Waals surface area contributed by atoms with Gasteiger partial charge in [0, 0.05) is 0 Å². The molecular weight excluding hydrogens is 134 g/mol. The van der Waals surface area contributed by atoms with Crippen LogP contribution in [0.25, 0.3) is 0 Å². The zero-order chi connectivity index (χ0) is 7.28. The summed E-state index contributed by atoms with van der Waals surface area (Å²) in [5.41, 5.74) is 5.13. The largest absolute Gasteiger partial charge is 0.379 e. The Balaban J connectivity index is 3.26. The molecule has 0 amide bonds. The van der Waals surface area contributed by atoms with Gasteiger partial charge in [-0.2, -0.15) is 0 Å². The van der Waals surface area contributed by atoms with Crippen LogP contribution >= 0.6 is 11.8 Å². The Morgan fingerprint density at radius 2 is 2.44 bits per heavy atom. The molecule has 9 heavy (non-hydrogen) atoms. The smallest absolute Gasteiger partial charge is 0.152 e. The van der Waals surface area contributed by atoms with Gasteiger partial charge in [-0.1, -0.05) is 18.7 Å². The minimum absolute atomic E-state index is 0.170. The molecule has 4 heteroatoms. The molecule has 0 aromatic carbocycles. The maximum absolute atomic E-state index is 6.90. The van der Waals surface area contributed by atoms with Gasteiger partial charge in [0.2, 0.25) is 0 Å². The summed E-state index contributed by atoms with van der Waals surface area (Å²) < 4.78 is 0. The third-order valence-electron chi connectivity index (χ3n) is 0.795. The van der Waals surface area contributed by atoms with E-state index in [1.807, 2.05) is 13.8 Å². The van der Waals surface area contributed by atoms with E-state index in [4.69, 9.17) is 11.1 Å². The van der Waals surface area contributed by atoms with E-state index in [-0.39, 0.29) is 10.5 Å². The second-order valence-electron chi connectivity index (χ2n) is 1.68. The molecule has 0 aliphatic carbocycles. The zero-order valence-corrected chi connectivity index (χ0v) is 6.59. The highest BCUT2D eigenvalue weighted by atomic mass is 32.2. The van der Waals surface area contributed by atoms with E-state index < -0.39 is 0 Å². The summed E-state index contributed by atoms with van der Waals surface area (Å²) in [6, 6.07) is 0. The van der Waals surface area contributed by atoms with Crippen molar-refractivity contribution in [3.8, 4) is 0 Å². The lowest BCUT2D eigenvalue weighted by molar-refractivity contribution is 0.722. The summed E-state index contributed by atoms with van der Waals surface area (Å²) in [5.74, 6) is 0. The van der Waals surface area contributed by atoms with Gasteiger partial charge in [-0.05, 0) is 13.5 Å². The monoisotopic (exact) mass is 147 g/mol. The summed E-state index contributed by atoms with van der Waals surface area (Å²) in [7, 11) is 0. The Hall–Kier alpha value is -0.220. The Bertz CT molecular complexity index is 94.2. The van der Waals surface area contributed by atoms with Crippen LogP contribution in [0.2, 0.25) is 0 Å². The number of nitrogens with one attached hydrogen (secondary N) is 2. The summed E-state index contributed by atoms with van der Waals surface area (Å²) in [5, 5.41) is 10.4. The van der Waals surface area contributed by atoms with E-state index in [9.17, 15) is 0 Å². The van der Waals surface area contributed by atoms with Crippen molar-refractivity contribution in [3.63, 3.8) is 0 Å². The van der Waals surface area contributed by atoms with Crippen LogP contribution in [0.15, 0.2) is 0 Å². The van der Waals surface area contributed by atoms with Gasteiger partial charge < -0.3 is 11.1 Å². The average molecular weight is 147 g/mol. The van der Waals surface area contributed by atoms with Gasteiger partial charge in [0.15, 0.2) is 5.17 Å². The topological polar surface area (TPSA) is 61.9 Å². The minimum Gasteiger partial charge on any atom is -0.379 e. The lowest BCUT2D eigenvalue weighted by atomic mass is 10.7. The lowest BCUT2D eigenvalue weighted by Gasteiger charge is -2.08. The number of amidine groups is 1. The van der Waals surface area contributed by atoms with Gasteiger partial charge >= 0.3 is 0 Å². The Morgan fingerprint density at radius 3 is 2.78 bits per heavy atom.